The second kappa shape index (κ2) is 12.5. The van der Waals surface area contributed by atoms with Crippen molar-refractivity contribution in [2.75, 3.05) is 4.90 Å². The fourth-order valence-corrected chi connectivity index (χ4v) is 7.52. The van der Waals surface area contributed by atoms with Crippen LogP contribution in [0.15, 0.2) is 205 Å². The van der Waals surface area contributed by atoms with E-state index in [2.05, 4.69) is 193 Å². The zero-order chi connectivity index (χ0) is 34.4. The summed E-state index contributed by atoms with van der Waals surface area (Å²) in [5, 5.41) is 7.22. The maximum atomic E-state index is 6.20. The number of hydrogen-bond donors (Lipinski definition) is 0. The average Bonchev–Trinajstić information content (AvgIpc) is 3.59. The van der Waals surface area contributed by atoms with E-state index in [9.17, 15) is 0 Å². The fourth-order valence-electron chi connectivity index (χ4n) is 7.52. The van der Waals surface area contributed by atoms with Crippen LogP contribution in [0, 0.1) is 0 Å². The number of fused-ring (bicyclic) bond motifs is 5. The van der Waals surface area contributed by atoms with E-state index in [0.29, 0.717) is 0 Å². The maximum absolute atomic E-state index is 6.20. The van der Waals surface area contributed by atoms with Crippen molar-refractivity contribution < 1.29 is 4.42 Å². The molecule has 0 aliphatic rings. The molecule has 10 rings (SSSR count). The van der Waals surface area contributed by atoms with Gasteiger partial charge in [-0.3, -0.25) is 0 Å². The predicted octanol–water partition coefficient (Wildman–Crippen LogP) is 14.4. The Morgan fingerprint density at radius 3 is 1.37 bits per heavy atom. The first-order chi connectivity index (χ1) is 25.7. The summed E-state index contributed by atoms with van der Waals surface area (Å²) in [6, 6.07) is 71.9. The molecule has 0 atom stereocenters. The van der Waals surface area contributed by atoms with Crippen LogP contribution < -0.4 is 4.90 Å². The van der Waals surface area contributed by atoms with Crippen molar-refractivity contribution in [1.29, 1.82) is 0 Å². The third kappa shape index (κ3) is 5.39. The molecule has 52 heavy (non-hydrogen) atoms. The predicted molar refractivity (Wildman–Crippen MR) is 220 cm³/mol. The number of rotatable bonds is 6. The van der Waals surface area contributed by atoms with E-state index in [1.165, 1.54) is 54.9 Å². The molecule has 0 amide bonds. The van der Waals surface area contributed by atoms with Crippen molar-refractivity contribution in [2.45, 2.75) is 0 Å². The van der Waals surface area contributed by atoms with E-state index in [0.717, 1.165) is 39.0 Å². The zero-order valence-electron chi connectivity index (χ0n) is 28.4. The topological polar surface area (TPSA) is 16.4 Å². The van der Waals surface area contributed by atoms with Crippen LogP contribution in [0.1, 0.15) is 0 Å². The van der Waals surface area contributed by atoms with Crippen molar-refractivity contribution in [3.63, 3.8) is 0 Å². The summed E-state index contributed by atoms with van der Waals surface area (Å²) in [6.45, 7) is 0. The second-order valence-corrected chi connectivity index (χ2v) is 13.4. The Morgan fingerprint density at radius 1 is 0.269 bits per heavy atom. The largest absolute Gasteiger partial charge is 0.456 e. The quantitative estimate of drug-likeness (QED) is 0.176. The number of hydrogen-bond acceptors (Lipinski definition) is 2. The molecule has 0 spiro atoms. The Labute approximate surface area is 302 Å². The van der Waals surface area contributed by atoms with Crippen LogP contribution in [-0.2, 0) is 0 Å². The lowest BCUT2D eigenvalue weighted by Crippen LogP contribution is -2.09. The smallest absolute Gasteiger partial charge is 0.135 e. The van der Waals surface area contributed by atoms with Gasteiger partial charge in [-0.15, -0.1) is 0 Å². The molecule has 2 heteroatoms. The van der Waals surface area contributed by atoms with Crippen LogP contribution in [0.3, 0.4) is 0 Å². The first-order valence-corrected chi connectivity index (χ1v) is 17.7. The number of nitrogens with zero attached hydrogens (tertiary/aromatic N) is 1. The molecule has 1 heterocycles. The Bertz CT molecular complexity index is 2900. The summed E-state index contributed by atoms with van der Waals surface area (Å²) >= 11 is 0. The van der Waals surface area contributed by atoms with Crippen molar-refractivity contribution >= 4 is 60.5 Å². The van der Waals surface area contributed by atoms with Crippen molar-refractivity contribution in [1.82, 2.24) is 0 Å². The Balaban J connectivity index is 1.04. The Hall–Kier alpha value is -6.90. The van der Waals surface area contributed by atoms with Gasteiger partial charge >= 0.3 is 0 Å². The van der Waals surface area contributed by atoms with Gasteiger partial charge in [0.1, 0.15) is 11.2 Å². The number of anilines is 3. The summed E-state index contributed by atoms with van der Waals surface area (Å²) < 4.78 is 6.20. The summed E-state index contributed by atoms with van der Waals surface area (Å²) in [5.74, 6) is 0. The van der Waals surface area contributed by atoms with Gasteiger partial charge in [-0.1, -0.05) is 133 Å². The van der Waals surface area contributed by atoms with E-state index in [-0.39, 0.29) is 0 Å². The van der Waals surface area contributed by atoms with Gasteiger partial charge in [0, 0.05) is 27.8 Å². The van der Waals surface area contributed by atoms with Gasteiger partial charge in [0.05, 0.1) is 0 Å². The molecule has 0 fully saturated rings. The lowest BCUT2D eigenvalue weighted by Gasteiger charge is -2.26. The monoisotopic (exact) mass is 663 g/mol. The molecule has 0 bridgehead atoms. The lowest BCUT2D eigenvalue weighted by molar-refractivity contribution is 0.669. The second-order valence-electron chi connectivity index (χ2n) is 13.4. The molecule has 0 N–H and O–H groups in total. The van der Waals surface area contributed by atoms with Crippen LogP contribution >= 0.6 is 0 Å². The van der Waals surface area contributed by atoms with Crippen molar-refractivity contribution in [3.8, 4) is 33.4 Å². The molecule has 9 aromatic carbocycles. The van der Waals surface area contributed by atoms with Crippen LogP contribution in [0.25, 0.3) is 76.9 Å². The van der Waals surface area contributed by atoms with Crippen LogP contribution in [-0.4, -0.2) is 0 Å². The standard InChI is InChI=1S/C50H33NO/c1-3-10-38-31-42(18-16-34(38)8-1)37-22-26-45(27-23-37)51(46-28-29-50-48(33-46)47-14-5-6-15-49(47)52-50)44-24-20-36(21-25-44)40-12-7-13-41(30-40)43-19-17-35-9-2-4-11-39(35)32-43/h1-33H. The van der Waals surface area contributed by atoms with Crippen LogP contribution in [0.4, 0.5) is 17.1 Å². The minimum absolute atomic E-state index is 0.887. The highest BCUT2D eigenvalue weighted by molar-refractivity contribution is 6.06. The first-order valence-electron chi connectivity index (χ1n) is 17.7. The van der Waals surface area contributed by atoms with Crippen molar-refractivity contribution in [3.05, 3.63) is 200 Å². The number of para-hydroxylation sites is 1. The van der Waals surface area contributed by atoms with Gasteiger partial charge in [-0.25, -0.2) is 0 Å². The molecule has 1 aromatic heterocycles. The van der Waals surface area contributed by atoms with Gasteiger partial charge in [0.2, 0.25) is 0 Å². The van der Waals surface area contributed by atoms with Crippen LogP contribution in [0.2, 0.25) is 0 Å². The molecule has 0 saturated carbocycles. The molecule has 0 aliphatic carbocycles. The molecule has 0 unspecified atom stereocenters. The first kappa shape index (κ1) is 30.0. The molecule has 244 valence electrons. The summed E-state index contributed by atoms with van der Waals surface area (Å²) in [5.41, 5.74) is 12.2. The van der Waals surface area contributed by atoms with E-state index in [1.807, 2.05) is 12.1 Å². The Morgan fingerprint density at radius 2 is 0.731 bits per heavy atom. The number of furan rings is 1. The highest BCUT2D eigenvalue weighted by atomic mass is 16.3. The van der Waals surface area contributed by atoms with Gasteiger partial charge in [-0.2, -0.15) is 0 Å². The summed E-state index contributed by atoms with van der Waals surface area (Å²) in [4.78, 5) is 2.33. The highest BCUT2D eigenvalue weighted by Gasteiger charge is 2.16. The maximum Gasteiger partial charge on any atom is 0.135 e. The Kier molecular flexibility index (Phi) is 7.18. The molecular formula is C50H33NO. The van der Waals surface area contributed by atoms with Gasteiger partial charge < -0.3 is 9.32 Å². The minimum Gasteiger partial charge on any atom is -0.456 e. The highest BCUT2D eigenvalue weighted by Crippen LogP contribution is 2.40. The average molecular weight is 664 g/mol. The van der Waals surface area contributed by atoms with E-state index < -0.39 is 0 Å². The van der Waals surface area contributed by atoms with Crippen molar-refractivity contribution in [2.24, 2.45) is 0 Å². The third-order valence-electron chi connectivity index (χ3n) is 10.2. The minimum atomic E-state index is 0.887. The molecular weight excluding hydrogens is 631 g/mol. The molecule has 0 saturated heterocycles. The summed E-state index contributed by atoms with van der Waals surface area (Å²) in [6.07, 6.45) is 0. The molecule has 0 aliphatic heterocycles. The van der Waals surface area contributed by atoms with Gasteiger partial charge in [0.25, 0.3) is 0 Å². The fraction of sp³-hybridized carbons (Fsp3) is 0. The third-order valence-corrected chi connectivity index (χ3v) is 10.2. The lowest BCUT2D eigenvalue weighted by atomic mass is 9.97. The van der Waals surface area contributed by atoms with Crippen LogP contribution in [0.5, 0.6) is 0 Å². The van der Waals surface area contributed by atoms with E-state index in [4.69, 9.17) is 4.42 Å². The zero-order valence-corrected chi connectivity index (χ0v) is 28.4. The molecule has 0 radical (unpaired) electrons. The van der Waals surface area contributed by atoms with E-state index in [1.54, 1.807) is 0 Å². The van der Waals surface area contributed by atoms with Gasteiger partial charge in [0.15, 0.2) is 0 Å². The normalized spacial score (nSPS) is 11.5. The molecule has 2 nitrogen and oxygen atoms in total. The number of benzene rings is 9. The SMILES string of the molecule is c1cc(-c2ccc(N(c3ccc(-c4ccc5ccccc5c4)cc3)c3ccc4oc5ccccc5c4c3)cc2)cc(-c2ccc3ccccc3c2)c1. The molecule has 10 aromatic rings. The van der Waals surface area contributed by atoms with E-state index >= 15 is 0 Å². The van der Waals surface area contributed by atoms with Gasteiger partial charge in [-0.05, 0) is 122 Å². The summed E-state index contributed by atoms with van der Waals surface area (Å²) in [7, 11) is 0.